The van der Waals surface area contributed by atoms with Crippen LogP contribution >= 0.6 is 11.8 Å². The highest BCUT2D eigenvalue weighted by atomic mass is 32.2. The van der Waals surface area contributed by atoms with Crippen molar-refractivity contribution in [3.05, 3.63) is 77.4 Å². The Hall–Kier alpha value is -4.47. The number of aliphatic hydroxyl groups is 1. The molecule has 4 aliphatic rings. The Balaban J connectivity index is 1.27. The molecule has 0 bridgehead atoms. The Morgan fingerprint density at radius 1 is 1.08 bits per heavy atom. The monoisotopic (exact) mass is 702 g/mol. The van der Waals surface area contributed by atoms with E-state index in [4.69, 9.17) is 9.47 Å². The summed E-state index contributed by atoms with van der Waals surface area (Å²) in [4.78, 5) is 53.6. The van der Waals surface area contributed by atoms with Gasteiger partial charge >= 0.3 is 5.97 Å². The number of hydrogen-bond donors (Lipinski definition) is 2. The van der Waals surface area contributed by atoms with Crippen LogP contribution in [-0.4, -0.2) is 75.1 Å². The molecule has 0 radical (unpaired) electrons. The SMILES string of the molecule is CN(C)C(=O)c1ccc(Oc2ccc(C(=O)O[C@]3(C(=O)SCC#N)CCC4C5CCC6=CC(=O)C=C[C@]6(C)C5(F)[C@@H](O)C[C@@]43C)cc2)cc1O. The van der Waals surface area contributed by atoms with Crippen LogP contribution in [0.2, 0.25) is 0 Å². The van der Waals surface area contributed by atoms with Gasteiger partial charge in [0.1, 0.15) is 17.2 Å². The lowest BCUT2D eigenvalue weighted by Crippen LogP contribution is -2.69. The molecule has 3 fully saturated rings. The molecule has 4 aliphatic carbocycles. The molecule has 2 aromatic carbocycles. The number of alkyl halides is 1. The number of thioether (sulfide) groups is 1. The summed E-state index contributed by atoms with van der Waals surface area (Å²) in [5.41, 5.74) is -5.35. The van der Waals surface area contributed by atoms with Crippen molar-refractivity contribution in [2.75, 3.05) is 19.8 Å². The van der Waals surface area contributed by atoms with Crippen LogP contribution in [0.15, 0.2) is 66.3 Å². The van der Waals surface area contributed by atoms with Crippen LogP contribution in [0.3, 0.4) is 0 Å². The van der Waals surface area contributed by atoms with E-state index in [1.165, 1.54) is 59.5 Å². The van der Waals surface area contributed by atoms with Crippen LogP contribution in [0.1, 0.15) is 66.7 Å². The van der Waals surface area contributed by atoms with Crippen molar-refractivity contribution < 1.29 is 43.3 Å². The van der Waals surface area contributed by atoms with Crippen molar-refractivity contribution in [2.24, 2.45) is 22.7 Å². The number of fused-ring (bicyclic) bond motifs is 5. The van der Waals surface area contributed by atoms with Gasteiger partial charge in [0.05, 0.1) is 29.1 Å². The molecule has 2 aromatic rings. The van der Waals surface area contributed by atoms with Crippen LogP contribution in [0.4, 0.5) is 4.39 Å². The van der Waals surface area contributed by atoms with E-state index in [1.54, 1.807) is 34.0 Å². The molecule has 7 atom stereocenters. The number of ether oxygens (including phenoxy) is 2. The maximum atomic E-state index is 17.6. The van der Waals surface area contributed by atoms with E-state index in [1.807, 2.05) is 6.07 Å². The Bertz CT molecular complexity index is 1870. The van der Waals surface area contributed by atoms with Gasteiger partial charge in [0.15, 0.2) is 17.1 Å². The van der Waals surface area contributed by atoms with Crippen molar-refractivity contribution >= 4 is 34.5 Å². The summed E-state index contributed by atoms with van der Waals surface area (Å²) in [6.45, 7) is 3.50. The van der Waals surface area contributed by atoms with E-state index in [0.717, 1.165) is 11.8 Å². The zero-order valence-electron chi connectivity index (χ0n) is 28.3. The van der Waals surface area contributed by atoms with E-state index in [-0.39, 0.29) is 52.9 Å². The minimum absolute atomic E-state index is 0.0984. The van der Waals surface area contributed by atoms with Gasteiger partial charge in [-0.15, -0.1) is 0 Å². The Kier molecular flexibility index (Phi) is 8.98. The number of carbonyl (C=O) groups excluding carboxylic acids is 4. The van der Waals surface area contributed by atoms with Gasteiger partial charge in [0, 0.05) is 36.9 Å². The normalized spacial score (nSPS) is 32.5. The molecule has 6 rings (SSSR count). The molecule has 50 heavy (non-hydrogen) atoms. The number of esters is 1. The topological polar surface area (TPSA) is 154 Å². The predicted octanol–water partition coefficient (Wildman–Crippen LogP) is 5.94. The van der Waals surface area contributed by atoms with Crippen LogP contribution in [0.5, 0.6) is 17.2 Å². The van der Waals surface area contributed by atoms with Gasteiger partial charge in [0.25, 0.3) is 5.91 Å². The number of aliphatic hydroxyl groups excluding tert-OH is 1. The second-order valence-corrected chi connectivity index (χ2v) is 15.2. The number of hydrogen-bond acceptors (Lipinski definition) is 10. The first-order valence-corrected chi connectivity index (χ1v) is 17.5. The Morgan fingerprint density at radius 3 is 2.44 bits per heavy atom. The fraction of sp³-hybridized carbons (Fsp3) is 0.447. The predicted molar refractivity (Wildman–Crippen MR) is 182 cm³/mol. The second kappa shape index (κ2) is 12.7. The van der Waals surface area contributed by atoms with Gasteiger partial charge in [-0.1, -0.05) is 30.3 Å². The number of halogens is 1. The zero-order valence-corrected chi connectivity index (χ0v) is 29.1. The molecule has 262 valence electrons. The number of allylic oxidation sites excluding steroid dienone is 4. The average Bonchev–Trinajstić information content (AvgIpc) is 3.36. The van der Waals surface area contributed by atoms with Gasteiger partial charge in [-0.05, 0) is 93.5 Å². The van der Waals surface area contributed by atoms with Crippen LogP contribution in [0.25, 0.3) is 0 Å². The highest BCUT2D eigenvalue weighted by Crippen LogP contribution is 2.70. The van der Waals surface area contributed by atoms with Gasteiger partial charge in [-0.2, -0.15) is 5.26 Å². The van der Waals surface area contributed by atoms with Gasteiger partial charge in [0.2, 0.25) is 5.12 Å². The molecule has 3 unspecified atom stereocenters. The zero-order chi connectivity index (χ0) is 36.2. The Morgan fingerprint density at radius 2 is 1.78 bits per heavy atom. The molecular weight excluding hydrogens is 663 g/mol. The summed E-state index contributed by atoms with van der Waals surface area (Å²) in [6, 6.07) is 12.2. The number of benzene rings is 2. The summed E-state index contributed by atoms with van der Waals surface area (Å²) in [7, 11) is 3.14. The molecular formula is C38H39FN2O8S. The van der Waals surface area contributed by atoms with Crippen molar-refractivity contribution in [1.29, 1.82) is 5.26 Å². The molecule has 0 heterocycles. The molecule has 0 saturated heterocycles. The molecule has 3 saturated carbocycles. The number of rotatable bonds is 7. The quantitative estimate of drug-likeness (QED) is 0.332. The van der Waals surface area contributed by atoms with Crippen molar-refractivity contribution in [3.8, 4) is 23.3 Å². The lowest BCUT2D eigenvalue weighted by molar-refractivity contribution is -0.214. The van der Waals surface area contributed by atoms with E-state index >= 15 is 4.39 Å². The summed E-state index contributed by atoms with van der Waals surface area (Å²) < 4.78 is 29.7. The third kappa shape index (κ3) is 5.33. The summed E-state index contributed by atoms with van der Waals surface area (Å²) in [6.07, 6.45) is 3.95. The van der Waals surface area contributed by atoms with Crippen LogP contribution in [0, 0.1) is 34.0 Å². The molecule has 0 aromatic heterocycles. The van der Waals surface area contributed by atoms with E-state index in [2.05, 4.69) is 0 Å². The first kappa shape index (κ1) is 35.4. The van der Waals surface area contributed by atoms with E-state index in [0.29, 0.717) is 30.6 Å². The molecule has 0 aliphatic heterocycles. The number of phenolic OH excluding ortho intramolecular Hbond substituents is 1. The maximum absolute atomic E-state index is 17.6. The summed E-state index contributed by atoms with van der Waals surface area (Å²) >= 11 is 0.746. The highest BCUT2D eigenvalue weighted by molar-refractivity contribution is 8.14. The highest BCUT2D eigenvalue weighted by Gasteiger charge is 2.75. The van der Waals surface area contributed by atoms with Crippen molar-refractivity contribution in [1.82, 2.24) is 4.90 Å². The van der Waals surface area contributed by atoms with E-state index < -0.39 is 51.1 Å². The smallest absolute Gasteiger partial charge is 0.339 e. The lowest BCUT2D eigenvalue weighted by Gasteiger charge is -2.62. The first-order chi connectivity index (χ1) is 23.6. The number of amides is 1. The third-order valence-corrected chi connectivity index (χ3v) is 12.4. The number of nitriles is 1. The van der Waals surface area contributed by atoms with E-state index in [9.17, 15) is 34.7 Å². The Labute approximate surface area is 293 Å². The maximum Gasteiger partial charge on any atom is 0.339 e. The number of nitrogens with zero attached hydrogens (tertiary/aromatic N) is 2. The second-order valence-electron chi connectivity index (χ2n) is 14.3. The minimum atomic E-state index is -2.11. The molecule has 10 nitrogen and oxygen atoms in total. The van der Waals surface area contributed by atoms with Crippen LogP contribution < -0.4 is 4.74 Å². The lowest BCUT2D eigenvalue weighted by atomic mass is 9.45. The summed E-state index contributed by atoms with van der Waals surface area (Å²) in [5.74, 6) is -2.35. The fourth-order valence-corrected chi connectivity index (χ4v) is 9.77. The van der Waals surface area contributed by atoms with Gasteiger partial charge in [-0.25, -0.2) is 9.18 Å². The summed E-state index contributed by atoms with van der Waals surface area (Å²) in [5, 5.41) is 30.9. The molecule has 12 heteroatoms. The first-order valence-electron chi connectivity index (χ1n) is 16.5. The fourth-order valence-electron chi connectivity index (χ4n) is 8.97. The molecule has 2 N–H and O–H groups in total. The van der Waals surface area contributed by atoms with Gasteiger partial charge in [-0.3, -0.25) is 14.4 Å². The number of ketones is 1. The minimum Gasteiger partial charge on any atom is -0.507 e. The average molecular weight is 703 g/mol. The number of aromatic hydroxyl groups is 1. The molecule has 0 spiro atoms. The van der Waals surface area contributed by atoms with Crippen molar-refractivity contribution in [3.63, 3.8) is 0 Å². The largest absolute Gasteiger partial charge is 0.507 e. The van der Waals surface area contributed by atoms with Crippen molar-refractivity contribution in [2.45, 2.75) is 63.3 Å². The van der Waals surface area contributed by atoms with Crippen LogP contribution in [-0.2, 0) is 14.3 Å². The van der Waals surface area contributed by atoms with Gasteiger partial charge < -0.3 is 24.6 Å². The number of phenols is 1. The molecule has 1 amide bonds. The third-order valence-electron chi connectivity index (χ3n) is 11.6. The standard InChI is InChI=1S/C38H39FN2O8S/c1-35-15-13-24(42)19-23(35)7-12-29-28-14-16-37(34(47)50-18-17-40,36(28,2)21-31(44)38(29,35)39)49-33(46)22-5-8-25(9-6-22)48-26-10-11-27(30(43)20-26)32(45)41(3)4/h5-6,8-11,13,15,19-20,28-29,31,43-44H,7,12,14,16,18,21H2,1-4H3/t28?,29?,31-,35-,36-,37-,38?/m0/s1. The number of carbonyl (C=O) groups is 4.